The molecule has 146 valence electrons. The first-order valence-electron chi connectivity index (χ1n) is 9.47. The number of unbranched alkanes of at least 4 members (excludes halogenated alkanes) is 1. The van der Waals surface area contributed by atoms with Crippen molar-refractivity contribution in [3.63, 3.8) is 0 Å². The van der Waals surface area contributed by atoms with Crippen molar-refractivity contribution >= 4 is 11.9 Å². The maximum atomic E-state index is 12.6. The number of esters is 1. The molecule has 0 bridgehead atoms. The summed E-state index contributed by atoms with van der Waals surface area (Å²) in [6.45, 7) is 4.05. The van der Waals surface area contributed by atoms with Crippen molar-refractivity contribution < 1.29 is 14.3 Å². The molecule has 2 aromatic carbocycles. The fraction of sp³-hybridized carbons (Fsp3) is 0.348. The lowest BCUT2D eigenvalue weighted by atomic mass is 9.99. The second kappa shape index (κ2) is 10.3. The summed E-state index contributed by atoms with van der Waals surface area (Å²) in [5.41, 5.74) is 3.34. The minimum Gasteiger partial charge on any atom is -0.467 e. The Hall–Kier alpha value is -3.13. The standard InChI is InChI=1S/C23H26N2O3/c1-4-5-10-22(26)25(17(2)23(27)28-3)16-18-11-13-19(14-12-18)21-9-7-6-8-20(21)15-24/h6-9,11-14,17H,4-5,10,16H2,1-3H3/t17-/m0/s1. The van der Waals surface area contributed by atoms with Gasteiger partial charge < -0.3 is 9.64 Å². The molecule has 0 saturated carbocycles. The SMILES string of the molecule is CCCCC(=O)N(Cc1ccc(-c2ccccc2C#N)cc1)[C@@H](C)C(=O)OC. The summed E-state index contributed by atoms with van der Waals surface area (Å²) in [6.07, 6.45) is 2.11. The largest absolute Gasteiger partial charge is 0.467 e. The first kappa shape index (κ1) is 21.2. The second-order valence-electron chi connectivity index (χ2n) is 6.68. The molecule has 5 nitrogen and oxygen atoms in total. The van der Waals surface area contributed by atoms with Gasteiger partial charge in [0.05, 0.1) is 18.7 Å². The Kier molecular flexibility index (Phi) is 7.76. The Balaban J connectivity index is 2.23. The molecule has 5 heteroatoms. The Morgan fingerprint density at radius 1 is 1.14 bits per heavy atom. The summed E-state index contributed by atoms with van der Waals surface area (Å²) in [5, 5.41) is 9.28. The normalized spacial score (nSPS) is 11.4. The quantitative estimate of drug-likeness (QED) is 0.642. The number of nitrogens with zero attached hydrogens (tertiary/aromatic N) is 2. The van der Waals surface area contributed by atoms with Crippen LogP contribution in [0.2, 0.25) is 0 Å². The van der Waals surface area contributed by atoms with Gasteiger partial charge in [-0.05, 0) is 36.1 Å². The van der Waals surface area contributed by atoms with Crippen LogP contribution in [0.5, 0.6) is 0 Å². The number of nitriles is 1. The fourth-order valence-corrected chi connectivity index (χ4v) is 3.03. The zero-order valence-corrected chi connectivity index (χ0v) is 16.6. The van der Waals surface area contributed by atoms with Crippen molar-refractivity contribution in [2.45, 2.75) is 45.7 Å². The van der Waals surface area contributed by atoms with Gasteiger partial charge in [0.25, 0.3) is 0 Å². The van der Waals surface area contributed by atoms with Crippen LogP contribution in [0.15, 0.2) is 48.5 Å². The van der Waals surface area contributed by atoms with Gasteiger partial charge in [-0.15, -0.1) is 0 Å². The van der Waals surface area contributed by atoms with Gasteiger partial charge in [-0.2, -0.15) is 5.26 Å². The monoisotopic (exact) mass is 378 g/mol. The Morgan fingerprint density at radius 3 is 2.43 bits per heavy atom. The van der Waals surface area contributed by atoms with Gasteiger partial charge in [0.15, 0.2) is 0 Å². The molecule has 0 aliphatic rings. The van der Waals surface area contributed by atoms with Gasteiger partial charge in [0.2, 0.25) is 5.91 Å². The lowest BCUT2D eigenvalue weighted by molar-refractivity contribution is -0.152. The van der Waals surface area contributed by atoms with E-state index in [1.165, 1.54) is 7.11 Å². The maximum Gasteiger partial charge on any atom is 0.328 e. The molecular weight excluding hydrogens is 352 g/mol. The number of hydrogen-bond donors (Lipinski definition) is 0. The molecule has 0 N–H and O–H groups in total. The predicted octanol–water partition coefficient (Wildman–Crippen LogP) is 4.31. The summed E-state index contributed by atoms with van der Waals surface area (Å²) in [6, 6.07) is 16.7. The van der Waals surface area contributed by atoms with Crippen LogP contribution in [0.3, 0.4) is 0 Å². The third-order valence-corrected chi connectivity index (χ3v) is 4.74. The molecule has 0 aromatic heterocycles. The highest BCUT2D eigenvalue weighted by atomic mass is 16.5. The lowest BCUT2D eigenvalue weighted by Gasteiger charge is -2.28. The Labute approximate surface area is 166 Å². The summed E-state index contributed by atoms with van der Waals surface area (Å²) in [7, 11) is 1.33. The number of amides is 1. The molecule has 0 radical (unpaired) electrons. The highest BCUT2D eigenvalue weighted by Crippen LogP contribution is 2.24. The van der Waals surface area contributed by atoms with Crippen molar-refractivity contribution in [3.05, 3.63) is 59.7 Å². The first-order chi connectivity index (χ1) is 13.5. The van der Waals surface area contributed by atoms with Crippen LogP contribution in [0.1, 0.15) is 44.2 Å². The van der Waals surface area contributed by atoms with Gasteiger partial charge in [-0.25, -0.2) is 4.79 Å². The number of methoxy groups -OCH3 is 1. The molecule has 0 fully saturated rings. The van der Waals surface area contributed by atoms with Gasteiger partial charge in [0, 0.05) is 13.0 Å². The van der Waals surface area contributed by atoms with Gasteiger partial charge in [-0.1, -0.05) is 55.8 Å². The van der Waals surface area contributed by atoms with Crippen LogP contribution in [0.4, 0.5) is 0 Å². The number of rotatable bonds is 8. The van der Waals surface area contributed by atoms with E-state index >= 15 is 0 Å². The Bertz CT molecular complexity index is 853. The number of carbonyl (C=O) groups excluding carboxylic acids is 2. The van der Waals surface area contributed by atoms with Crippen molar-refractivity contribution in [2.75, 3.05) is 7.11 Å². The number of carbonyl (C=O) groups is 2. The van der Waals surface area contributed by atoms with E-state index in [1.807, 2.05) is 49.4 Å². The summed E-state index contributed by atoms with van der Waals surface area (Å²) in [5.74, 6) is -0.483. The lowest BCUT2D eigenvalue weighted by Crippen LogP contribution is -2.43. The average Bonchev–Trinajstić information content (AvgIpc) is 2.75. The van der Waals surface area contributed by atoms with E-state index in [0.29, 0.717) is 18.5 Å². The number of benzene rings is 2. The van der Waals surface area contributed by atoms with Crippen LogP contribution in [-0.4, -0.2) is 29.9 Å². The van der Waals surface area contributed by atoms with Crippen LogP contribution in [-0.2, 0) is 20.9 Å². The Morgan fingerprint density at radius 2 is 1.82 bits per heavy atom. The predicted molar refractivity (Wildman–Crippen MR) is 108 cm³/mol. The van der Waals surface area contributed by atoms with Gasteiger partial charge >= 0.3 is 5.97 Å². The molecular formula is C23H26N2O3. The van der Waals surface area contributed by atoms with E-state index in [4.69, 9.17) is 4.74 Å². The van der Waals surface area contributed by atoms with E-state index in [-0.39, 0.29) is 5.91 Å². The van der Waals surface area contributed by atoms with Crippen molar-refractivity contribution in [1.29, 1.82) is 5.26 Å². The first-order valence-corrected chi connectivity index (χ1v) is 9.47. The summed E-state index contributed by atoms with van der Waals surface area (Å²) in [4.78, 5) is 26.2. The van der Waals surface area contributed by atoms with E-state index in [1.54, 1.807) is 17.9 Å². The minimum absolute atomic E-state index is 0.0568. The van der Waals surface area contributed by atoms with Crippen LogP contribution >= 0.6 is 0 Å². The van der Waals surface area contributed by atoms with Crippen LogP contribution < -0.4 is 0 Å². The third-order valence-electron chi connectivity index (χ3n) is 4.74. The highest BCUT2D eigenvalue weighted by Gasteiger charge is 2.26. The van der Waals surface area contributed by atoms with Crippen LogP contribution in [0.25, 0.3) is 11.1 Å². The molecule has 1 atom stereocenters. The molecule has 2 aromatic rings. The smallest absolute Gasteiger partial charge is 0.328 e. The maximum absolute atomic E-state index is 12.6. The van der Waals surface area contributed by atoms with E-state index in [0.717, 1.165) is 29.5 Å². The molecule has 0 spiro atoms. The average molecular weight is 378 g/mol. The molecule has 28 heavy (non-hydrogen) atoms. The number of ether oxygens (including phenoxy) is 1. The third kappa shape index (κ3) is 5.20. The van der Waals surface area contributed by atoms with E-state index < -0.39 is 12.0 Å². The van der Waals surface area contributed by atoms with E-state index in [2.05, 4.69) is 6.07 Å². The number of hydrogen-bond acceptors (Lipinski definition) is 4. The van der Waals surface area contributed by atoms with E-state index in [9.17, 15) is 14.9 Å². The molecule has 2 rings (SSSR count). The topological polar surface area (TPSA) is 70.4 Å². The second-order valence-corrected chi connectivity index (χ2v) is 6.68. The zero-order valence-electron chi connectivity index (χ0n) is 16.6. The van der Waals surface area contributed by atoms with Gasteiger partial charge in [0.1, 0.15) is 6.04 Å². The fourth-order valence-electron chi connectivity index (χ4n) is 3.03. The molecule has 0 heterocycles. The zero-order chi connectivity index (χ0) is 20.5. The molecule has 0 aliphatic heterocycles. The van der Waals surface area contributed by atoms with Crippen molar-refractivity contribution in [3.8, 4) is 17.2 Å². The summed E-state index contributed by atoms with van der Waals surface area (Å²) >= 11 is 0. The van der Waals surface area contributed by atoms with Crippen molar-refractivity contribution in [1.82, 2.24) is 4.90 Å². The molecule has 1 amide bonds. The van der Waals surface area contributed by atoms with Crippen LogP contribution in [0, 0.1) is 11.3 Å². The molecule has 0 aliphatic carbocycles. The van der Waals surface area contributed by atoms with Gasteiger partial charge in [-0.3, -0.25) is 4.79 Å². The molecule has 0 saturated heterocycles. The van der Waals surface area contributed by atoms with Crippen molar-refractivity contribution in [2.24, 2.45) is 0 Å². The summed E-state index contributed by atoms with van der Waals surface area (Å²) < 4.78 is 4.82. The minimum atomic E-state index is -0.645. The highest BCUT2D eigenvalue weighted by molar-refractivity contribution is 5.84. The molecule has 0 unspecified atom stereocenters.